The normalized spacial score (nSPS) is 17.9. The van der Waals surface area contributed by atoms with Crippen LogP contribution in [-0.4, -0.2) is 45.6 Å². The summed E-state index contributed by atoms with van der Waals surface area (Å²) in [6.07, 6.45) is 3.34. The number of piperidine rings is 1. The lowest BCUT2D eigenvalue weighted by Gasteiger charge is -2.30. The fraction of sp³-hybridized carbons (Fsp3) is 0.368. The van der Waals surface area contributed by atoms with E-state index in [1.165, 1.54) is 18.3 Å². The number of hydrogen-bond donors (Lipinski definition) is 0. The summed E-state index contributed by atoms with van der Waals surface area (Å²) in [5.41, 5.74) is 1.20. The Morgan fingerprint density at radius 2 is 2.11 bits per heavy atom. The summed E-state index contributed by atoms with van der Waals surface area (Å²) in [5.74, 6) is 1.30. The number of ketones is 1. The minimum atomic E-state index is -0.311. The maximum atomic E-state index is 13.1. The molecular weight excluding hydrogens is 351 g/mol. The fourth-order valence-electron chi connectivity index (χ4n) is 3.38. The smallest absolute Gasteiger partial charge is 0.257 e. The zero-order chi connectivity index (χ0) is 18.8. The molecule has 8 heteroatoms. The highest BCUT2D eigenvalue weighted by Crippen LogP contribution is 2.27. The van der Waals surface area contributed by atoms with Crippen LogP contribution in [0, 0.1) is 12.7 Å². The highest BCUT2D eigenvalue weighted by atomic mass is 19.1. The number of carbonyl (C=O) groups excluding carboxylic acids is 1. The molecule has 0 saturated carbocycles. The van der Waals surface area contributed by atoms with Crippen LogP contribution in [0.5, 0.6) is 0 Å². The van der Waals surface area contributed by atoms with E-state index in [-0.39, 0.29) is 17.5 Å². The van der Waals surface area contributed by atoms with Crippen molar-refractivity contribution in [3.8, 4) is 11.5 Å². The van der Waals surface area contributed by atoms with Gasteiger partial charge in [-0.3, -0.25) is 9.69 Å². The first-order valence-electron chi connectivity index (χ1n) is 8.86. The lowest BCUT2D eigenvalue weighted by molar-refractivity contribution is 0.0903. The predicted molar refractivity (Wildman–Crippen MR) is 93.7 cm³/mol. The van der Waals surface area contributed by atoms with Gasteiger partial charge in [-0.2, -0.15) is 4.98 Å². The first kappa shape index (κ1) is 17.5. The van der Waals surface area contributed by atoms with Crippen molar-refractivity contribution < 1.29 is 18.2 Å². The van der Waals surface area contributed by atoms with Crippen molar-refractivity contribution in [1.29, 1.82) is 0 Å². The van der Waals surface area contributed by atoms with Gasteiger partial charge in [0, 0.05) is 18.0 Å². The number of benzene rings is 1. The van der Waals surface area contributed by atoms with Gasteiger partial charge in [0.2, 0.25) is 0 Å². The number of hydrogen-bond acceptors (Lipinski definition) is 7. The van der Waals surface area contributed by atoms with Crippen molar-refractivity contribution in [3.63, 3.8) is 0 Å². The number of rotatable bonds is 5. The van der Waals surface area contributed by atoms with Gasteiger partial charge >= 0.3 is 0 Å². The molecule has 27 heavy (non-hydrogen) atoms. The van der Waals surface area contributed by atoms with Crippen molar-refractivity contribution in [2.45, 2.75) is 25.7 Å². The molecule has 1 aromatic carbocycles. The van der Waals surface area contributed by atoms with Gasteiger partial charge in [-0.25, -0.2) is 4.39 Å². The molecule has 0 N–H and O–H groups in total. The maximum Gasteiger partial charge on any atom is 0.257 e. The molecule has 140 valence electrons. The molecule has 0 aliphatic carbocycles. The molecule has 4 rings (SSSR count). The third-order valence-corrected chi connectivity index (χ3v) is 4.82. The Morgan fingerprint density at radius 1 is 1.30 bits per heavy atom. The minimum Gasteiger partial charge on any atom is -0.361 e. The number of carbonyl (C=O) groups is 1. The van der Waals surface area contributed by atoms with Crippen molar-refractivity contribution >= 4 is 5.78 Å². The molecule has 0 spiro atoms. The van der Waals surface area contributed by atoms with E-state index in [9.17, 15) is 9.18 Å². The van der Waals surface area contributed by atoms with E-state index in [1.54, 1.807) is 19.1 Å². The van der Waals surface area contributed by atoms with Gasteiger partial charge in [-0.1, -0.05) is 10.3 Å². The molecule has 1 unspecified atom stereocenters. The zero-order valence-electron chi connectivity index (χ0n) is 14.9. The summed E-state index contributed by atoms with van der Waals surface area (Å²) in [7, 11) is 0. The van der Waals surface area contributed by atoms with Crippen LogP contribution in [0.15, 0.2) is 39.5 Å². The largest absolute Gasteiger partial charge is 0.361 e. The maximum absolute atomic E-state index is 13.1. The van der Waals surface area contributed by atoms with Gasteiger partial charge in [-0.15, -0.1) is 0 Å². The highest BCUT2D eigenvalue weighted by molar-refractivity contribution is 5.98. The SMILES string of the molecule is Cc1oncc1C(=O)CN1CCCC(c2noc(-c3ccc(F)cc3)n2)C1. The molecule has 1 saturated heterocycles. The standard InChI is InChI=1S/C19H19FN4O3/c1-12-16(9-21-26-12)17(25)11-24-8-2-3-14(10-24)18-22-19(27-23-18)13-4-6-15(20)7-5-13/h4-7,9,14H,2-3,8,10-11H2,1H3. The predicted octanol–water partition coefficient (Wildman–Crippen LogP) is 3.23. The molecule has 2 aromatic heterocycles. The van der Waals surface area contributed by atoms with Crippen molar-refractivity contribution in [2.24, 2.45) is 0 Å². The van der Waals surface area contributed by atoms with E-state index in [4.69, 9.17) is 9.05 Å². The third kappa shape index (κ3) is 3.80. The third-order valence-electron chi connectivity index (χ3n) is 4.82. The molecule has 0 radical (unpaired) electrons. The van der Waals surface area contributed by atoms with Crippen LogP contribution in [0.1, 0.15) is 40.7 Å². The van der Waals surface area contributed by atoms with Crippen LogP contribution in [-0.2, 0) is 0 Å². The summed E-state index contributed by atoms with van der Waals surface area (Å²) < 4.78 is 23.4. The van der Waals surface area contributed by atoms with Crippen molar-refractivity contribution in [3.05, 3.63) is 53.4 Å². The van der Waals surface area contributed by atoms with E-state index in [2.05, 4.69) is 20.2 Å². The Bertz CT molecular complexity index is 935. The van der Waals surface area contributed by atoms with E-state index in [0.29, 0.717) is 41.7 Å². The zero-order valence-corrected chi connectivity index (χ0v) is 14.9. The van der Waals surface area contributed by atoms with E-state index in [0.717, 1.165) is 19.4 Å². The first-order chi connectivity index (χ1) is 13.1. The second kappa shape index (κ2) is 7.40. The number of aromatic nitrogens is 3. The number of halogens is 1. The molecule has 1 fully saturated rings. The van der Waals surface area contributed by atoms with Crippen LogP contribution in [0.3, 0.4) is 0 Å². The quantitative estimate of drug-likeness (QED) is 0.637. The molecule has 1 atom stereocenters. The molecule has 1 aliphatic rings. The summed E-state index contributed by atoms with van der Waals surface area (Å²) >= 11 is 0. The summed E-state index contributed by atoms with van der Waals surface area (Å²) in [6, 6.07) is 5.94. The minimum absolute atomic E-state index is 0.00508. The second-order valence-corrected chi connectivity index (χ2v) is 6.76. The van der Waals surface area contributed by atoms with Gasteiger partial charge in [0.05, 0.1) is 18.3 Å². The average Bonchev–Trinajstić information content (AvgIpc) is 3.32. The lowest BCUT2D eigenvalue weighted by atomic mass is 9.97. The number of Topliss-reactive ketones (excluding diaryl/α,β-unsaturated/α-hetero) is 1. The van der Waals surface area contributed by atoms with E-state index < -0.39 is 0 Å². The van der Waals surface area contributed by atoms with E-state index >= 15 is 0 Å². The topological polar surface area (TPSA) is 85.3 Å². The van der Waals surface area contributed by atoms with Crippen LogP contribution in [0.2, 0.25) is 0 Å². The Kier molecular flexibility index (Phi) is 4.81. The second-order valence-electron chi connectivity index (χ2n) is 6.76. The lowest BCUT2D eigenvalue weighted by Crippen LogP contribution is -2.38. The van der Waals surface area contributed by atoms with Crippen molar-refractivity contribution in [2.75, 3.05) is 19.6 Å². The van der Waals surface area contributed by atoms with Gasteiger partial charge in [-0.05, 0) is 50.6 Å². The molecular formula is C19H19FN4O3. The molecule has 0 bridgehead atoms. The van der Waals surface area contributed by atoms with Gasteiger partial charge in [0.25, 0.3) is 5.89 Å². The number of nitrogens with zero attached hydrogens (tertiary/aromatic N) is 4. The number of likely N-dealkylation sites (tertiary alicyclic amines) is 1. The van der Waals surface area contributed by atoms with Gasteiger partial charge < -0.3 is 9.05 Å². The van der Waals surface area contributed by atoms with Crippen LogP contribution >= 0.6 is 0 Å². The fourth-order valence-corrected chi connectivity index (χ4v) is 3.38. The summed E-state index contributed by atoms with van der Waals surface area (Å²) in [6.45, 7) is 3.56. The monoisotopic (exact) mass is 370 g/mol. The first-order valence-corrected chi connectivity index (χ1v) is 8.86. The Hall–Kier alpha value is -2.87. The molecule has 7 nitrogen and oxygen atoms in total. The average molecular weight is 370 g/mol. The Morgan fingerprint density at radius 3 is 2.85 bits per heavy atom. The summed E-state index contributed by atoms with van der Waals surface area (Å²) in [5, 5.41) is 7.76. The van der Waals surface area contributed by atoms with Crippen LogP contribution in [0.25, 0.3) is 11.5 Å². The molecule has 3 aromatic rings. The highest BCUT2D eigenvalue weighted by Gasteiger charge is 2.27. The van der Waals surface area contributed by atoms with Crippen molar-refractivity contribution in [1.82, 2.24) is 20.2 Å². The van der Waals surface area contributed by atoms with Gasteiger partial charge in [0.15, 0.2) is 11.6 Å². The number of aryl methyl sites for hydroxylation is 1. The Labute approximate surface area is 155 Å². The van der Waals surface area contributed by atoms with Crippen LogP contribution < -0.4 is 0 Å². The van der Waals surface area contributed by atoms with E-state index in [1.807, 2.05) is 0 Å². The molecule has 0 amide bonds. The Balaban J connectivity index is 1.43. The molecule has 1 aliphatic heterocycles. The van der Waals surface area contributed by atoms with Gasteiger partial charge in [0.1, 0.15) is 11.6 Å². The molecule has 3 heterocycles. The van der Waals surface area contributed by atoms with Crippen LogP contribution in [0.4, 0.5) is 4.39 Å². The summed E-state index contributed by atoms with van der Waals surface area (Å²) in [4.78, 5) is 19.0.